The molecule has 0 aliphatic heterocycles. The quantitative estimate of drug-likeness (QED) is 0.388. The lowest BCUT2D eigenvalue weighted by molar-refractivity contribution is 0.244. The summed E-state index contributed by atoms with van der Waals surface area (Å²) in [5.74, 6) is 1.84. The van der Waals surface area contributed by atoms with Gasteiger partial charge < -0.3 is 18.7 Å². The summed E-state index contributed by atoms with van der Waals surface area (Å²) in [6.45, 7) is 0.0915. The number of halogens is 2. The molecule has 0 radical (unpaired) electrons. The number of nitrogens with zero attached hydrogens (tertiary/aromatic N) is 3. The predicted molar refractivity (Wildman–Crippen MR) is 109 cm³/mol. The Hall–Kier alpha value is -3.03. The summed E-state index contributed by atoms with van der Waals surface area (Å²) in [5.41, 5.74) is 1.95. The van der Waals surface area contributed by atoms with Crippen molar-refractivity contribution in [3.05, 3.63) is 58.5 Å². The van der Waals surface area contributed by atoms with Gasteiger partial charge in [0.2, 0.25) is 11.2 Å². The van der Waals surface area contributed by atoms with Gasteiger partial charge in [-0.2, -0.15) is 4.98 Å². The van der Waals surface area contributed by atoms with Crippen molar-refractivity contribution in [3.63, 3.8) is 0 Å². The second kappa shape index (κ2) is 8.14. The first-order valence-corrected chi connectivity index (χ1v) is 9.27. The first-order valence-electron chi connectivity index (χ1n) is 8.51. The molecule has 2 aromatic carbocycles. The van der Waals surface area contributed by atoms with Crippen molar-refractivity contribution in [2.75, 3.05) is 14.2 Å². The largest absolute Gasteiger partial charge is 0.493 e. The Balaban J connectivity index is 1.62. The van der Waals surface area contributed by atoms with E-state index in [-0.39, 0.29) is 17.8 Å². The van der Waals surface area contributed by atoms with Crippen LogP contribution in [0.4, 0.5) is 0 Å². The minimum absolute atomic E-state index is 0.0500. The number of ether oxygens (including phenoxy) is 3. The Kier molecular flexibility index (Phi) is 5.42. The Morgan fingerprint density at radius 3 is 2.48 bits per heavy atom. The maximum Gasteiger partial charge on any atom is 0.226 e. The monoisotopic (exact) mass is 431 g/mol. The first kappa shape index (κ1) is 19.3. The minimum atomic E-state index is 0.0500. The fourth-order valence-corrected chi connectivity index (χ4v) is 3.23. The highest BCUT2D eigenvalue weighted by Gasteiger charge is 2.15. The first-order chi connectivity index (χ1) is 14.1. The fraction of sp³-hybridized carbons (Fsp3) is 0.150. The minimum Gasteiger partial charge on any atom is -0.493 e. The molecule has 0 saturated heterocycles. The molecule has 4 aromatic rings. The second-order valence-electron chi connectivity index (χ2n) is 5.97. The number of hydrogen-bond acceptors (Lipinski definition) is 7. The average molecular weight is 432 g/mol. The molecule has 7 nitrogen and oxygen atoms in total. The van der Waals surface area contributed by atoms with Gasteiger partial charge in [0.15, 0.2) is 23.9 Å². The van der Waals surface area contributed by atoms with Crippen LogP contribution in [-0.2, 0) is 6.61 Å². The third kappa shape index (κ3) is 3.92. The van der Waals surface area contributed by atoms with E-state index in [4.69, 9.17) is 41.9 Å². The van der Waals surface area contributed by atoms with Gasteiger partial charge in [-0.15, -0.1) is 0 Å². The number of rotatable bonds is 6. The molecule has 9 heteroatoms. The molecule has 4 rings (SSSR count). The molecule has 0 atom stereocenters. The molecule has 0 amide bonds. The van der Waals surface area contributed by atoms with Crippen LogP contribution in [0.25, 0.3) is 22.2 Å². The van der Waals surface area contributed by atoms with Crippen LogP contribution in [0.5, 0.6) is 17.4 Å². The maximum atomic E-state index is 6.21. The Bertz CT molecular complexity index is 1180. The lowest BCUT2D eigenvalue weighted by Crippen LogP contribution is -2.00. The zero-order valence-electron chi connectivity index (χ0n) is 15.5. The highest BCUT2D eigenvalue weighted by molar-refractivity contribution is 6.33. The van der Waals surface area contributed by atoms with E-state index in [0.717, 1.165) is 5.56 Å². The summed E-state index contributed by atoms with van der Waals surface area (Å²) < 4.78 is 21.9. The summed E-state index contributed by atoms with van der Waals surface area (Å²) in [6.07, 6.45) is 0. The smallest absolute Gasteiger partial charge is 0.226 e. The standard InChI is InChI=1S/C20H15Cl2N3O4/c1-26-17-8-13-15(9-18(17)27-2)23-20(22)24-19(13)28-10-11-7-16(25-29-11)12-5-3-4-6-14(12)21/h3-9H,10H2,1-2H3. The average Bonchev–Trinajstić information content (AvgIpc) is 3.20. The highest BCUT2D eigenvalue weighted by Crippen LogP contribution is 2.35. The van der Waals surface area contributed by atoms with Gasteiger partial charge in [-0.3, -0.25) is 0 Å². The van der Waals surface area contributed by atoms with Crippen molar-refractivity contribution < 1.29 is 18.7 Å². The molecular formula is C20H15Cl2N3O4. The van der Waals surface area contributed by atoms with Gasteiger partial charge >= 0.3 is 0 Å². The Labute approximate surface area is 176 Å². The van der Waals surface area contributed by atoms with Gasteiger partial charge in [-0.25, -0.2) is 4.98 Å². The normalized spacial score (nSPS) is 10.9. The topological polar surface area (TPSA) is 79.5 Å². The van der Waals surface area contributed by atoms with E-state index in [9.17, 15) is 0 Å². The molecule has 0 bridgehead atoms. The summed E-state index contributed by atoms with van der Waals surface area (Å²) in [7, 11) is 3.09. The van der Waals surface area contributed by atoms with Crippen molar-refractivity contribution in [2.45, 2.75) is 6.61 Å². The predicted octanol–water partition coefficient (Wildman–Crippen LogP) is 5.19. The molecule has 0 aliphatic rings. The van der Waals surface area contributed by atoms with Crippen LogP contribution in [0.15, 0.2) is 47.0 Å². The van der Waals surface area contributed by atoms with Gasteiger partial charge in [0.05, 0.1) is 30.1 Å². The molecular weight excluding hydrogens is 417 g/mol. The van der Waals surface area contributed by atoms with Crippen LogP contribution in [0.3, 0.4) is 0 Å². The van der Waals surface area contributed by atoms with Crippen LogP contribution in [-0.4, -0.2) is 29.3 Å². The molecule has 0 N–H and O–H groups in total. The van der Waals surface area contributed by atoms with E-state index in [0.29, 0.717) is 38.9 Å². The molecule has 148 valence electrons. The van der Waals surface area contributed by atoms with Gasteiger partial charge in [0.1, 0.15) is 5.69 Å². The van der Waals surface area contributed by atoms with E-state index in [1.54, 1.807) is 38.5 Å². The van der Waals surface area contributed by atoms with Crippen LogP contribution >= 0.6 is 23.2 Å². The maximum absolute atomic E-state index is 6.21. The van der Waals surface area contributed by atoms with Crippen molar-refractivity contribution in [3.8, 4) is 28.6 Å². The van der Waals surface area contributed by atoms with E-state index >= 15 is 0 Å². The van der Waals surface area contributed by atoms with Gasteiger partial charge in [0, 0.05) is 17.7 Å². The fourth-order valence-electron chi connectivity index (χ4n) is 2.83. The highest BCUT2D eigenvalue weighted by atomic mass is 35.5. The molecule has 0 unspecified atom stereocenters. The van der Waals surface area contributed by atoms with Crippen molar-refractivity contribution in [1.29, 1.82) is 0 Å². The van der Waals surface area contributed by atoms with Crippen molar-refractivity contribution >= 4 is 34.1 Å². The third-order valence-electron chi connectivity index (χ3n) is 4.20. The summed E-state index contributed by atoms with van der Waals surface area (Å²) in [6, 6.07) is 12.6. The molecule has 0 fully saturated rings. The number of benzene rings is 2. The van der Waals surface area contributed by atoms with Crippen LogP contribution in [0.2, 0.25) is 10.3 Å². The van der Waals surface area contributed by atoms with E-state index in [1.165, 1.54) is 0 Å². The van der Waals surface area contributed by atoms with Gasteiger partial charge in [-0.05, 0) is 23.7 Å². The number of aromatic nitrogens is 3. The summed E-state index contributed by atoms with van der Waals surface area (Å²) >= 11 is 12.3. The van der Waals surface area contributed by atoms with Crippen LogP contribution in [0.1, 0.15) is 5.76 Å². The molecule has 2 aromatic heterocycles. The third-order valence-corrected chi connectivity index (χ3v) is 4.70. The zero-order chi connectivity index (χ0) is 20.4. The Morgan fingerprint density at radius 2 is 1.72 bits per heavy atom. The molecule has 0 spiro atoms. The summed E-state index contributed by atoms with van der Waals surface area (Å²) in [5, 5.41) is 5.31. The molecule has 0 saturated carbocycles. The number of hydrogen-bond donors (Lipinski definition) is 0. The Morgan fingerprint density at radius 1 is 0.966 bits per heavy atom. The summed E-state index contributed by atoms with van der Waals surface area (Å²) in [4.78, 5) is 8.40. The zero-order valence-corrected chi connectivity index (χ0v) is 17.0. The number of fused-ring (bicyclic) bond motifs is 1. The number of methoxy groups -OCH3 is 2. The lowest BCUT2D eigenvalue weighted by Gasteiger charge is -2.11. The molecule has 0 aliphatic carbocycles. The van der Waals surface area contributed by atoms with E-state index in [1.807, 2.05) is 18.2 Å². The SMILES string of the molecule is COc1cc2nc(Cl)nc(OCc3cc(-c4ccccc4Cl)no3)c2cc1OC. The van der Waals surface area contributed by atoms with E-state index in [2.05, 4.69) is 15.1 Å². The van der Waals surface area contributed by atoms with Crippen LogP contribution < -0.4 is 14.2 Å². The molecule has 29 heavy (non-hydrogen) atoms. The second-order valence-corrected chi connectivity index (χ2v) is 6.71. The molecule has 2 heterocycles. The van der Waals surface area contributed by atoms with Gasteiger partial charge in [0.25, 0.3) is 0 Å². The lowest BCUT2D eigenvalue weighted by atomic mass is 10.1. The van der Waals surface area contributed by atoms with Gasteiger partial charge in [-0.1, -0.05) is 35.0 Å². The van der Waals surface area contributed by atoms with Crippen molar-refractivity contribution in [1.82, 2.24) is 15.1 Å². The van der Waals surface area contributed by atoms with Crippen LogP contribution in [0, 0.1) is 0 Å². The van der Waals surface area contributed by atoms with E-state index < -0.39 is 0 Å². The van der Waals surface area contributed by atoms with Crippen molar-refractivity contribution in [2.24, 2.45) is 0 Å².